The molecule has 1 fully saturated rings. The third-order valence-electron chi connectivity index (χ3n) is 5.79. The van der Waals surface area contributed by atoms with Gasteiger partial charge in [-0.25, -0.2) is 22.2 Å². The molecule has 1 aromatic carbocycles. The predicted octanol–water partition coefficient (Wildman–Crippen LogP) is 3.49. The number of carbonyl (C=O) groups is 1. The molecule has 0 aliphatic carbocycles. The Morgan fingerprint density at radius 2 is 1.81 bits per heavy atom. The molecule has 1 unspecified atom stereocenters. The first-order valence-electron chi connectivity index (χ1n) is 10.1. The van der Waals surface area contributed by atoms with Gasteiger partial charge in [0.05, 0.1) is 16.5 Å². The van der Waals surface area contributed by atoms with Crippen LogP contribution in [0.15, 0.2) is 59.8 Å². The van der Waals surface area contributed by atoms with E-state index in [1.165, 1.54) is 8.87 Å². The van der Waals surface area contributed by atoms with E-state index in [4.69, 9.17) is 0 Å². The number of anilines is 1. The van der Waals surface area contributed by atoms with Gasteiger partial charge in [-0.2, -0.15) is 0 Å². The fraction of sp³-hybridized carbons (Fsp3) is 0.364. The van der Waals surface area contributed by atoms with E-state index in [1.807, 2.05) is 20.8 Å². The van der Waals surface area contributed by atoms with Crippen molar-refractivity contribution in [2.75, 3.05) is 24.5 Å². The Morgan fingerprint density at radius 1 is 1.10 bits per heavy atom. The molecule has 2 aromatic heterocycles. The standard InChI is InChI=1S/C22H26N4O4S/c1-22(2,3)19-15-24(13-14-25(19)21(27)28)20-17-10-12-26(18(17)9-11-23-20)31(29,30)16-7-5-4-6-8-16/h4-12,19H,13-15H2,1-3H3,(H,27,28). The number of piperazine rings is 1. The maximum absolute atomic E-state index is 13.2. The van der Waals surface area contributed by atoms with Crippen LogP contribution in [0.3, 0.4) is 0 Å². The molecule has 8 nitrogen and oxygen atoms in total. The zero-order valence-electron chi connectivity index (χ0n) is 17.8. The Labute approximate surface area is 181 Å². The third-order valence-corrected chi connectivity index (χ3v) is 7.49. The molecule has 0 bridgehead atoms. The minimum Gasteiger partial charge on any atom is -0.465 e. The lowest BCUT2D eigenvalue weighted by Gasteiger charge is -2.46. The fourth-order valence-corrected chi connectivity index (χ4v) is 5.51. The summed E-state index contributed by atoms with van der Waals surface area (Å²) in [7, 11) is -3.74. The van der Waals surface area contributed by atoms with Gasteiger partial charge in [0.15, 0.2) is 0 Å². The molecule has 9 heteroatoms. The van der Waals surface area contributed by atoms with Crippen molar-refractivity contribution in [2.45, 2.75) is 31.7 Å². The van der Waals surface area contributed by atoms with Crippen LogP contribution in [0.25, 0.3) is 10.9 Å². The smallest absolute Gasteiger partial charge is 0.407 e. The molecule has 3 aromatic rings. The second-order valence-electron chi connectivity index (χ2n) is 8.80. The molecular formula is C22H26N4O4S. The molecule has 1 aliphatic heterocycles. The number of aromatic nitrogens is 2. The Balaban J connectivity index is 1.75. The first-order chi connectivity index (χ1) is 14.6. The minimum atomic E-state index is -3.74. The van der Waals surface area contributed by atoms with Gasteiger partial charge in [-0.05, 0) is 29.7 Å². The maximum Gasteiger partial charge on any atom is 0.407 e. The van der Waals surface area contributed by atoms with Crippen LogP contribution in [0, 0.1) is 5.41 Å². The molecule has 1 amide bonds. The highest BCUT2D eigenvalue weighted by atomic mass is 32.2. The lowest BCUT2D eigenvalue weighted by Crippen LogP contribution is -2.59. The van der Waals surface area contributed by atoms with Crippen molar-refractivity contribution in [1.82, 2.24) is 13.9 Å². The number of nitrogens with zero attached hydrogens (tertiary/aromatic N) is 4. The molecule has 1 saturated heterocycles. The summed E-state index contributed by atoms with van der Waals surface area (Å²) in [6, 6.07) is 11.5. The average Bonchev–Trinajstić information content (AvgIpc) is 3.18. The van der Waals surface area contributed by atoms with Crippen LogP contribution < -0.4 is 4.90 Å². The van der Waals surface area contributed by atoms with Crippen LogP contribution in [-0.4, -0.2) is 59.1 Å². The first-order valence-corrected chi connectivity index (χ1v) is 11.6. The van der Waals surface area contributed by atoms with E-state index < -0.39 is 16.1 Å². The summed E-state index contributed by atoms with van der Waals surface area (Å²) in [5.41, 5.74) is 0.287. The van der Waals surface area contributed by atoms with Gasteiger partial charge in [0.25, 0.3) is 10.0 Å². The Hall–Kier alpha value is -3.07. The molecule has 1 atom stereocenters. The quantitative estimate of drug-likeness (QED) is 0.667. The van der Waals surface area contributed by atoms with Crippen LogP contribution in [0.1, 0.15) is 20.8 Å². The van der Waals surface area contributed by atoms with Gasteiger partial charge in [-0.1, -0.05) is 39.0 Å². The van der Waals surface area contributed by atoms with E-state index in [2.05, 4.69) is 9.88 Å². The number of rotatable bonds is 3. The minimum absolute atomic E-state index is 0.216. The Morgan fingerprint density at radius 3 is 2.45 bits per heavy atom. The van der Waals surface area contributed by atoms with Crippen molar-refractivity contribution in [3.05, 3.63) is 54.9 Å². The van der Waals surface area contributed by atoms with Gasteiger partial charge in [0, 0.05) is 37.4 Å². The van der Waals surface area contributed by atoms with E-state index in [1.54, 1.807) is 54.9 Å². The molecule has 0 radical (unpaired) electrons. The lowest BCUT2D eigenvalue weighted by molar-refractivity contribution is 0.0747. The molecule has 1 N–H and O–H groups in total. The van der Waals surface area contributed by atoms with Crippen molar-refractivity contribution in [1.29, 1.82) is 0 Å². The average molecular weight is 443 g/mol. The predicted molar refractivity (Wildman–Crippen MR) is 119 cm³/mol. The van der Waals surface area contributed by atoms with Gasteiger partial charge in [0.1, 0.15) is 5.82 Å². The molecule has 3 heterocycles. The number of amides is 1. The molecular weight excluding hydrogens is 416 g/mol. The van der Waals surface area contributed by atoms with Crippen LogP contribution in [-0.2, 0) is 10.0 Å². The number of fused-ring (bicyclic) bond motifs is 1. The summed E-state index contributed by atoms with van der Waals surface area (Å²) in [6.45, 7) is 7.40. The van der Waals surface area contributed by atoms with E-state index in [0.717, 1.165) is 5.39 Å². The number of pyridine rings is 1. The first kappa shape index (κ1) is 21.2. The second kappa shape index (κ2) is 7.56. The second-order valence-corrected chi connectivity index (χ2v) is 10.6. The highest BCUT2D eigenvalue weighted by Gasteiger charge is 2.38. The van der Waals surface area contributed by atoms with Crippen LogP contribution in [0.2, 0.25) is 0 Å². The van der Waals surface area contributed by atoms with Crippen molar-refractivity contribution >= 4 is 32.8 Å². The van der Waals surface area contributed by atoms with E-state index in [-0.39, 0.29) is 16.4 Å². The highest BCUT2D eigenvalue weighted by Crippen LogP contribution is 2.33. The summed E-state index contributed by atoms with van der Waals surface area (Å²) in [6.07, 6.45) is 2.22. The number of hydrogen-bond acceptors (Lipinski definition) is 5. The van der Waals surface area contributed by atoms with Crippen molar-refractivity contribution in [3.63, 3.8) is 0 Å². The van der Waals surface area contributed by atoms with Crippen molar-refractivity contribution in [2.24, 2.45) is 5.41 Å². The van der Waals surface area contributed by atoms with Crippen LogP contribution in [0.4, 0.5) is 10.6 Å². The Kier molecular flexibility index (Phi) is 5.17. The van der Waals surface area contributed by atoms with Crippen molar-refractivity contribution in [3.8, 4) is 0 Å². The molecule has 1 aliphatic rings. The third kappa shape index (κ3) is 3.74. The molecule has 164 valence electrons. The zero-order valence-corrected chi connectivity index (χ0v) is 18.6. The monoisotopic (exact) mass is 442 g/mol. The van der Waals surface area contributed by atoms with E-state index in [9.17, 15) is 18.3 Å². The Bertz CT molecular complexity index is 1220. The summed E-state index contributed by atoms with van der Waals surface area (Å²) in [4.78, 5) is 20.0. The topological polar surface area (TPSA) is 95.7 Å². The molecule has 4 rings (SSSR count). The van der Waals surface area contributed by atoms with E-state index in [0.29, 0.717) is 31.0 Å². The summed E-state index contributed by atoms with van der Waals surface area (Å²) < 4.78 is 27.6. The van der Waals surface area contributed by atoms with Gasteiger partial charge in [-0.3, -0.25) is 0 Å². The summed E-state index contributed by atoms with van der Waals surface area (Å²) in [5, 5.41) is 10.3. The SMILES string of the molecule is CC(C)(C)C1CN(c2nccc3c2ccn3S(=O)(=O)c2ccccc2)CCN1C(=O)O. The maximum atomic E-state index is 13.2. The molecule has 31 heavy (non-hydrogen) atoms. The van der Waals surface area contributed by atoms with Crippen LogP contribution >= 0.6 is 0 Å². The van der Waals surface area contributed by atoms with Gasteiger partial charge < -0.3 is 14.9 Å². The van der Waals surface area contributed by atoms with Gasteiger partial charge in [-0.15, -0.1) is 0 Å². The summed E-state index contributed by atoms with van der Waals surface area (Å²) in [5.74, 6) is 0.666. The normalized spacial score (nSPS) is 17.8. The highest BCUT2D eigenvalue weighted by molar-refractivity contribution is 7.90. The van der Waals surface area contributed by atoms with E-state index >= 15 is 0 Å². The zero-order chi connectivity index (χ0) is 22.4. The lowest BCUT2D eigenvalue weighted by atomic mass is 9.84. The van der Waals surface area contributed by atoms with Crippen molar-refractivity contribution < 1.29 is 18.3 Å². The van der Waals surface area contributed by atoms with Crippen LogP contribution in [0.5, 0.6) is 0 Å². The largest absolute Gasteiger partial charge is 0.465 e. The van der Waals surface area contributed by atoms with Gasteiger partial charge in [0.2, 0.25) is 0 Å². The fourth-order valence-electron chi connectivity index (χ4n) is 4.14. The molecule has 0 spiro atoms. The number of benzene rings is 1. The van der Waals surface area contributed by atoms with Gasteiger partial charge >= 0.3 is 6.09 Å². The summed E-state index contributed by atoms with van der Waals surface area (Å²) >= 11 is 0. The molecule has 0 saturated carbocycles. The number of hydrogen-bond donors (Lipinski definition) is 1. The number of carboxylic acid groups (broad SMARTS) is 1.